The quantitative estimate of drug-likeness (QED) is 0.535. The zero-order chi connectivity index (χ0) is 10.4. The van der Waals surface area contributed by atoms with Crippen molar-refractivity contribution >= 4 is 46.8 Å². The van der Waals surface area contributed by atoms with Crippen molar-refractivity contribution in [3.8, 4) is 0 Å². The van der Waals surface area contributed by atoms with Crippen LogP contribution in [0.25, 0.3) is 21.9 Å². The Bertz CT molecular complexity index is 662. The molecule has 0 aliphatic rings. The topological polar surface area (TPSA) is 26.0 Å². The standard InChI is InChI=1S/C11H7BClNO/c12-8-4-14-5-10-11(8)7-2-1-6(13)3-9(7)15-10/h1-5H,12H2. The number of benzene rings is 1. The summed E-state index contributed by atoms with van der Waals surface area (Å²) < 4.78 is 5.67. The molecule has 0 N–H and O–H groups in total. The van der Waals surface area contributed by atoms with E-state index < -0.39 is 0 Å². The Morgan fingerprint density at radius 3 is 2.93 bits per heavy atom. The van der Waals surface area contributed by atoms with E-state index in [1.54, 1.807) is 6.20 Å². The number of nitrogens with zero attached hydrogens (tertiary/aromatic N) is 1. The number of hydrogen-bond acceptors (Lipinski definition) is 2. The highest BCUT2D eigenvalue weighted by Crippen LogP contribution is 2.28. The Morgan fingerprint density at radius 2 is 2.07 bits per heavy atom. The molecule has 0 aliphatic heterocycles. The van der Waals surface area contributed by atoms with Gasteiger partial charge in [-0.25, -0.2) is 0 Å². The molecular weight excluding hydrogens is 208 g/mol. The van der Waals surface area contributed by atoms with E-state index in [1.165, 1.54) is 0 Å². The van der Waals surface area contributed by atoms with Gasteiger partial charge in [-0.05, 0) is 12.1 Å². The van der Waals surface area contributed by atoms with E-state index in [2.05, 4.69) is 4.98 Å². The molecule has 0 amide bonds. The van der Waals surface area contributed by atoms with Crippen LogP contribution in [0.3, 0.4) is 0 Å². The summed E-state index contributed by atoms with van der Waals surface area (Å²) in [5, 5.41) is 2.90. The average Bonchev–Trinajstić information content (AvgIpc) is 2.56. The molecular formula is C11H7BClNO. The lowest BCUT2D eigenvalue weighted by molar-refractivity contribution is 0.667. The first-order valence-corrected chi connectivity index (χ1v) is 5.06. The number of aromatic nitrogens is 1. The third-order valence-electron chi connectivity index (χ3n) is 2.53. The molecule has 0 spiro atoms. The van der Waals surface area contributed by atoms with Crippen LogP contribution in [0, 0.1) is 0 Å². The van der Waals surface area contributed by atoms with Crippen LogP contribution < -0.4 is 5.46 Å². The van der Waals surface area contributed by atoms with E-state index in [4.69, 9.17) is 16.0 Å². The zero-order valence-electron chi connectivity index (χ0n) is 8.12. The Labute approximate surface area is 92.3 Å². The Kier molecular flexibility index (Phi) is 1.76. The minimum Gasteiger partial charge on any atom is -0.454 e. The molecule has 4 heteroatoms. The van der Waals surface area contributed by atoms with Crippen LogP contribution in [0.1, 0.15) is 0 Å². The van der Waals surface area contributed by atoms with Crippen molar-refractivity contribution in [2.75, 3.05) is 0 Å². The molecule has 3 aromatic rings. The molecule has 0 radical (unpaired) electrons. The lowest BCUT2D eigenvalue weighted by Crippen LogP contribution is -2.02. The molecule has 72 valence electrons. The number of hydrogen-bond donors (Lipinski definition) is 0. The van der Waals surface area contributed by atoms with Gasteiger partial charge >= 0.3 is 0 Å². The van der Waals surface area contributed by atoms with Crippen LogP contribution in [0.15, 0.2) is 35.0 Å². The number of halogens is 1. The van der Waals surface area contributed by atoms with Crippen molar-refractivity contribution in [3.05, 3.63) is 35.6 Å². The van der Waals surface area contributed by atoms with Crippen LogP contribution >= 0.6 is 11.6 Å². The summed E-state index contributed by atoms with van der Waals surface area (Å²) in [4.78, 5) is 4.10. The third-order valence-corrected chi connectivity index (χ3v) is 2.77. The smallest absolute Gasteiger partial charge is 0.153 e. The lowest BCUT2D eigenvalue weighted by atomic mass is 9.93. The number of rotatable bonds is 0. The van der Waals surface area contributed by atoms with Crippen LogP contribution in [-0.4, -0.2) is 12.8 Å². The van der Waals surface area contributed by atoms with Gasteiger partial charge in [0, 0.05) is 28.1 Å². The normalized spacial score (nSPS) is 11.3. The molecule has 0 saturated heterocycles. The maximum atomic E-state index is 5.91. The zero-order valence-corrected chi connectivity index (χ0v) is 8.88. The maximum Gasteiger partial charge on any atom is 0.153 e. The van der Waals surface area contributed by atoms with Crippen LogP contribution in [0.2, 0.25) is 5.02 Å². The van der Waals surface area contributed by atoms with Gasteiger partial charge in [-0.3, -0.25) is 4.98 Å². The lowest BCUT2D eigenvalue weighted by Gasteiger charge is -1.93. The van der Waals surface area contributed by atoms with Crippen molar-refractivity contribution < 1.29 is 4.42 Å². The number of furan rings is 1. The molecule has 0 saturated carbocycles. The Balaban J connectivity index is 2.59. The second kappa shape index (κ2) is 3.01. The maximum absolute atomic E-state index is 5.91. The van der Waals surface area contributed by atoms with E-state index in [0.717, 1.165) is 27.4 Å². The summed E-state index contributed by atoms with van der Waals surface area (Å²) in [7, 11) is 2.03. The van der Waals surface area contributed by atoms with Crippen molar-refractivity contribution in [3.63, 3.8) is 0 Å². The summed E-state index contributed by atoms with van der Waals surface area (Å²) >= 11 is 5.91. The second-order valence-electron chi connectivity index (χ2n) is 3.57. The largest absolute Gasteiger partial charge is 0.454 e. The Hall–Kier alpha value is -1.48. The highest BCUT2D eigenvalue weighted by Gasteiger charge is 2.08. The monoisotopic (exact) mass is 215 g/mol. The number of pyridine rings is 1. The molecule has 2 aromatic heterocycles. The summed E-state index contributed by atoms with van der Waals surface area (Å²) in [5.74, 6) is 0. The van der Waals surface area contributed by atoms with E-state index in [0.29, 0.717) is 5.02 Å². The summed E-state index contributed by atoms with van der Waals surface area (Å²) in [6.45, 7) is 0. The summed E-state index contributed by atoms with van der Waals surface area (Å²) in [6.07, 6.45) is 3.57. The van der Waals surface area contributed by atoms with E-state index in [-0.39, 0.29) is 0 Å². The average molecular weight is 215 g/mol. The molecule has 15 heavy (non-hydrogen) atoms. The SMILES string of the molecule is Bc1cncc2oc3cc(Cl)ccc3c12. The third kappa shape index (κ3) is 1.23. The molecule has 0 aliphatic carbocycles. The van der Waals surface area contributed by atoms with Crippen LogP contribution in [-0.2, 0) is 0 Å². The molecule has 1 aromatic carbocycles. The van der Waals surface area contributed by atoms with Crippen molar-refractivity contribution in [1.29, 1.82) is 0 Å². The van der Waals surface area contributed by atoms with E-state index in [1.807, 2.05) is 32.2 Å². The fraction of sp³-hybridized carbons (Fsp3) is 0. The molecule has 2 heterocycles. The first-order valence-electron chi connectivity index (χ1n) is 4.68. The predicted octanol–water partition coefficient (Wildman–Crippen LogP) is 1.89. The van der Waals surface area contributed by atoms with Gasteiger partial charge in [0.25, 0.3) is 0 Å². The molecule has 2 nitrogen and oxygen atoms in total. The fourth-order valence-electron chi connectivity index (χ4n) is 1.87. The minimum atomic E-state index is 0.687. The van der Waals surface area contributed by atoms with Gasteiger partial charge in [0.15, 0.2) is 5.58 Å². The molecule has 3 rings (SSSR count). The summed E-state index contributed by atoms with van der Waals surface area (Å²) in [6, 6.07) is 5.69. The fourth-order valence-corrected chi connectivity index (χ4v) is 2.03. The van der Waals surface area contributed by atoms with Gasteiger partial charge in [-0.1, -0.05) is 17.1 Å². The first-order chi connectivity index (χ1) is 7.25. The van der Waals surface area contributed by atoms with Gasteiger partial charge in [0.05, 0.1) is 6.20 Å². The van der Waals surface area contributed by atoms with Crippen molar-refractivity contribution in [2.45, 2.75) is 0 Å². The number of fused-ring (bicyclic) bond motifs is 3. The highest BCUT2D eigenvalue weighted by atomic mass is 35.5. The van der Waals surface area contributed by atoms with Gasteiger partial charge in [-0.2, -0.15) is 0 Å². The van der Waals surface area contributed by atoms with E-state index >= 15 is 0 Å². The molecule has 0 bridgehead atoms. The van der Waals surface area contributed by atoms with Gasteiger partial charge < -0.3 is 4.42 Å². The van der Waals surface area contributed by atoms with Crippen LogP contribution in [0.5, 0.6) is 0 Å². The minimum absolute atomic E-state index is 0.687. The highest BCUT2D eigenvalue weighted by molar-refractivity contribution is 6.41. The molecule has 0 unspecified atom stereocenters. The Morgan fingerprint density at radius 1 is 1.20 bits per heavy atom. The first kappa shape index (κ1) is 8.80. The van der Waals surface area contributed by atoms with Crippen molar-refractivity contribution in [1.82, 2.24) is 4.98 Å². The predicted molar refractivity (Wildman–Crippen MR) is 64.7 cm³/mol. The van der Waals surface area contributed by atoms with E-state index in [9.17, 15) is 0 Å². The van der Waals surface area contributed by atoms with Crippen molar-refractivity contribution in [2.24, 2.45) is 0 Å². The van der Waals surface area contributed by atoms with Gasteiger partial charge in [0.2, 0.25) is 0 Å². The molecule has 0 atom stereocenters. The van der Waals surface area contributed by atoms with Crippen LogP contribution in [0.4, 0.5) is 0 Å². The van der Waals surface area contributed by atoms with Gasteiger partial charge in [-0.15, -0.1) is 0 Å². The second-order valence-corrected chi connectivity index (χ2v) is 4.01. The summed E-state index contributed by atoms with van der Waals surface area (Å²) in [5.41, 5.74) is 2.74. The van der Waals surface area contributed by atoms with Gasteiger partial charge in [0.1, 0.15) is 13.4 Å². The molecule has 0 fully saturated rings.